The molecule has 1 fully saturated rings. The van der Waals surface area contributed by atoms with Crippen molar-refractivity contribution in [2.45, 2.75) is 102 Å². The van der Waals surface area contributed by atoms with Crippen molar-refractivity contribution in [1.82, 2.24) is 0 Å². The first-order valence-corrected chi connectivity index (χ1v) is 14.7. The van der Waals surface area contributed by atoms with Gasteiger partial charge in [-0.2, -0.15) is 8.78 Å². The van der Waals surface area contributed by atoms with Gasteiger partial charge in [0.05, 0.1) is 6.61 Å². The molecule has 0 radical (unpaired) electrons. The topological polar surface area (TPSA) is 47.9 Å². The highest BCUT2D eigenvalue weighted by atomic mass is 28.4. The van der Waals surface area contributed by atoms with Gasteiger partial charge in [-0.3, -0.25) is 0 Å². The Hall–Kier alpha value is 0.134. The van der Waals surface area contributed by atoms with E-state index in [2.05, 4.69) is 33.9 Å². The molecule has 1 unspecified atom stereocenters. The third-order valence-electron chi connectivity index (χ3n) is 5.99. The van der Waals surface area contributed by atoms with Crippen LogP contribution in [0.5, 0.6) is 0 Å². The van der Waals surface area contributed by atoms with Crippen LogP contribution in [0.25, 0.3) is 0 Å². The highest BCUT2D eigenvalue weighted by Gasteiger charge is 2.61. The van der Waals surface area contributed by atoms with E-state index in [0.717, 1.165) is 0 Å². The summed E-state index contributed by atoms with van der Waals surface area (Å²) in [5.41, 5.74) is 0. The molecule has 0 aliphatic carbocycles. The molecule has 0 aromatic rings. The Labute approximate surface area is 153 Å². The Kier molecular flexibility index (Phi) is 6.43. The smallest absolute Gasteiger partial charge is 0.324 e. The summed E-state index contributed by atoms with van der Waals surface area (Å²) in [5, 5.41) is 9.45. The Bertz CT molecular complexity index is 470. The van der Waals surface area contributed by atoms with Crippen LogP contribution in [0, 0.1) is 0 Å². The van der Waals surface area contributed by atoms with Crippen molar-refractivity contribution in [3.05, 3.63) is 0 Å². The average Bonchev–Trinajstić information content (AvgIpc) is 2.57. The summed E-state index contributed by atoms with van der Waals surface area (Å²) in [6.07, 6.45) is -4.63. The van der Waals surface area contributed by atoms with E-state index < -0.39 is 41.1 Å². The van der Waals surface area contributed by atoms with Gasteiger partial charge in [0.1, 0.15) is 12.2 Å². The number of aliphatic hydroxyl groups excluding tert-OH is 1. The van der Waals surface area contributed by atoms with Gasteiger partial charge in [0.25, 0.3) is 0 Å². The fraction of sp³-hybridized carbons (Fsp3) is 1.00. The second-order valence-corrected chi connectivity index (χ2v) is 19.6. The molecule has 8 heteroatoms. The molecule has 0 amide bonds. The zero-order valence-corrected chi connectivity index (χ0v) is 19.4. The van der Waals surface area contributed by atoms with Gasteiger partial charge in [-0.05, 0) is 36.3 Å². The first kappa shape index (κ1) is 23.2. The zero-order chi connectivity index (χ0) is 20.1. The van der Waals surface area contributed by atoms with Gasteiger partial charge in [0.2, 0.25) is 6.29 Å². The predicted octanol–water partition coefficient (Wildman–Crippen LogP) is 4.75. The largest absolute Gasteiger partial charge is 0.414 e. The molecule has 4 nitrogen and oxygen atoms in total. The van der Waals surface area contributed by atoms with Crippen LogP contribution in [0.3, 0.4) is 0 Å². The number of ether oxygens (including phenoxy) is 1. The molecular formula is C17H36F2O4Si2. The monoisotopic (exact) mass is 398 g/mol. The second kappa shape index (κ2) is 6.94. The number of aliphatic hydroxyl groups is 1. The van der Waals surface area contributed by atoms with Gasteiger partial charge >= 0.3 is 5.92 Å². The lowest BCUT2D eigenvalue weighted by molar-refractivity contribution is -0.197. The van der Waals surface area contributed by atoms with Crippen LogP contribution < -0.4 is 0 Å². The summed E-state index contributed by atoms with van der Waals surface area (Å²) in [6, 6.07) is 0. The molecule has 1 saturated heterocycles. The third-order valence-corrected chi connectivity index (χ3v) is 14.9. The lowest BCUT2D eigenvalue weighted by Gasteiger charge is -2.41. The van der Waals surface area contributed by atoms with Gasteiger partial charge < -0.3 is 18.7 Å². The molecule has 150 valence electrons. The summed E-state index contributed by atoms with van der Waals surface area (Å²) in [5.74, 6) is -3.45. The Morgan fingerprint density at radius 1 is 0.960 bits per heavy atom. The van der Waals surface area contributed by atoms with Crippen LogP contribution in [0.15, 0.2) is 0 Å². The van der Waals surface area contributed by atoms with Gasteiger partial charge in [0.15, 0.2) is 16.6 Å². The highest BCUT2D eigenvalue weighted by Crippen LogP contribution is 2.44. The molecule has 1 aliphatic heterocycles. The van der Waals surface area contributed by atoms with Crippen molar-refractivity contribution in [2.24, 2.45) is 0 Å². The number of alkyl halides is 2. The Morgan fingerprint density at radius 3 is 1.80 bits per heavy atom. The Balaban J connectivity index is 2.98. The SMILES string of the molecule is CC(C)(C)[Si](C)(C)OC[C@H]1O[C@@H](O)C(F)(F)C1O[Si](C)(C)C(C)(C)C. The maximum Gasteiger partial charge on any atom is 0.324 e. The van der Waals surface area contributed by atoms with E-state index in [1.807, 2.05) is 33.9 Å². The fourth-order valence-corrected chi connectivity index (χ4v) is 4.31. The van der Waals surface area contributed by atoms with Crippen molar-refractivity contribution in [1.29, 1.82) is 0 Å². The van der Waals surface area contributed by atoms with Gasteiger partial charge in [0, 0.05) is 0 Å². The zero-order valence-electron chi connectivity index (χ0n) is 17.4. The molecule has 0 spiro atoms. The standard InChI is InChI=1S/C17H36F2O4Si2/c1-15(2,3)24(7,8)21-11-12-13(17(18,19)14(20)22-12)23-25(9,10)16(4,5)6/h12-14,20H,11H2,1-10H3/t12-,13?,14-/m1/s1. The van der Waals surface area contributed by atoms with Crippen molar-refractivity contribution >= 4 is 16.6 Å². The molecule has 1 aliphatic rings. The molecule has 1 rings (SSSR count). The Morgan fingerprint density at radius 2 is 1.40 bits per heavy atom. The highest BCUT2D eigenvalue weighted by molar-refractivity contribution is 6.74. The quantitative estimate of drug-likeness (QED) is 0.679. The predicted molar refractivity (Wildman–Crippen MR) is 101 cm³/mol. The van der Waals surface area contributed by atoms with E-state index in [4.69, 9.17) is 13.6 Å². The lowest BCUT2D eigenvalue weighted by atomic mass is 10.1. The van der Waals surface area contributed by atoms with Crippen molar-refractivity contribution in [3.8, 4) is 0 Å². The fourth-order valence-electron chi connectivity index (χ4n) is 2.00. The van der Waals surface area contributed by atoms with Gasteiger partial charge in [-0.15, -0.1) is 0 Å². The molecule has 25 heavy (non-hydrogen) atoms. The van der Waals surface area contributed by atoms with Crippen LogP contribution >= 0.6 is 0 Å². The molecule has 3 atom stereocenters. The minimum absolute atomic E-state index is 0.00241. The molecule has 1 heterocycles. The normalized spacial score (nSPS) is 28.4. The number of halogens is 2. The molecule has 0 aromatic heterocycles. The summed E-state index contributed by atoms with van der Waals surface area (Å²) < 4.78 is 46.2. The van der Waals surface area contributed by atoms with Crippen LogP contribution in [-0.2, 0) is 13.6 Å². The van der Waals surface area contributed by atoms with E-state index in [-0.39, 0.29) is 16.7 Å². The van der Waals surface area contributed by atoms with Gasteiger partial charge in [-0.1, -0.05) is 41.5 Å². The van der Waals surface area contributed by atoms with Crippen LogP contribution in [0.2, 0.25) is 36.3 Å². The second-order valence-electron chi connectivity index (χ2n) is 10.1. The number of hydrogen-bond donors (Lipinski definition) is 1. The van der Waals surface area contributed by atoms with Crippen LogP contribution in [-0.4, -0.2) is 52.8 Å². The lowest BCUT2D eigenvalue weighted by Crippen LogP contribution is -2.53. The third kappa shape index (κ3) is 4.90. The molecule has 1 N–H and O–H groups in total. The van der Waals surface area contributed by atoms with E-state index in [0.29, 0.717) is 0 Å². The van der Waals surface area contributed by atoms with E-state index >= 15 is 0 Å². The molecule has 0 saturated carbocycles. The first-order chi connectivity index (χ1) is 10.8. The van der Waals surface area contributed by atoms with E-state index in [1.54, 1.807) is 0 Å². The summed E-state index contributed by atoms with van der Waals surface area (Å²) in [6.45, 7) is 20.2. The number of hydrogen-bond acceptors (Lipinski definition) is 4. The van der Waals surface area contributed by atoms with E-state index in [1.165, 1.54) is 0 Å². The van der Waals surface area contributed by atoms with Crippen molar-refractivity contribution in [2.75, 3.05) is 6.61 Å². The summed E-state index contributed by atoms with van der Waals surface area (Å²) in [7, 11) is -4.57. The van der Waals surface area contributed by atoms with Gasteiger partial charge in [-0.25, -0.2) is 0 Å². The average molecular weight is 399 g/mol. The van der Waals surface area contributed by atoms with E-state index in [9.17, 15) is 13.9 Å². The summed E-state index contributed by atoms with van der Waals surface area (Å²) in [4.78, 5) is 0. The van der Waals surface area contributed by atoms with Crippen molar-refractivity contribution in [3.63, 3.8) is 0 Å². The molecule has 0 aromatic carbocycles. The van der Waals surface area contributed by atoms with Crippen LogP contribution in [0.4, 0.5) is 8.78 Å². The number of rotatable bonds is 5. The minimum atomic E-state index is -3.45. The molecular weight excluding hydrogens is 362 g/mol. The first-order valence-electron chi connectivity index (χ1n) is 8.86. The minimum Gasteiger partial charge on any atom is -0.414 e. The molecule has 0 bridgehead atoms. The maximum atomic E-state index is 14.5. The maximum absolute atomic E-state index is 14.5. The summed E-state index contributed by atoms with van der Waals surface area (Å²) >= 11 is 0. The van der Waals surface area contributed by atoms with Crippen molar-refractivity contribution < 1.29 is 27.5 Å². The van der Waals surface area contributed by atoms with Crippen LogP contribution in [0.1, 0.15) is 41.5 Å².